The first kappa shape index (κ1) is 11.0. The van der Waals surface area contributed by atoms with Gasteiger partial charge in [-0.3, -0.25) is 4.79 Å². The van der Waals surface area contributed by atoms with E-state index in [0.717, 1.165) is 12.8 Å². The molecule has 0 saturated carbocycles. The third-order valence-electron chi connectivity index (χ3n) is 1.77. The van der Waals surface area contributed by atoms with E-state index in [0.29, 0.717) is 24.2 Å². The van der Waals surface area contributed by atoms with Gasteiger partial charge < -0.3 is 4.74 Å². The fourth-order valence-corrected chi connectivity index (χ4v) is 1.18. The SMILES string of the molecule is CCCCOc1ccnc(Cl)c1C=O. The largest absolute Gasteiger partial charge is 0.493 e. The topological polar surface area (TPSA) is 39.2 Å². The molecule has 1 rings (SSSR count). The van der Waals surface area contributed by atoms with Gasteiger partial charge in [0, 0.05) is 6.20 Å². The summed E-state index contributed by atoms with van der Waals surface area (Å²) < 4.78 is 5.39. The summed E-state index contributed by atoms with van der Waals surface area (Å²) in [6.45, 7) is 2.67. The lowest BCUT2D eigenvalue weighted by Crippen LogP contribution is -2.00. The highest BCUT2D eigenvalue weighted by molar-refractivity contribution is 6.32. The summed E-state index contributed by atoms with van der Waals surface area (Å²) >= 11 is 5.72. The molecule has 3 nitrogen and oxygen atoms in total. The van der Waals surface area contributed by atoms with Crippen molar-refractivity contribution in [2.75, 3.05) is 6.61 Å². The molecular weight excluding hydrogens is 202 g/mol. The zero-order valence-corrected chi connectivity index (χ0v) is 8.75. The second-order valence-corrected chi connectivity index (χ2v) is 3.19. The van der Waals surface area contributed by atoms with Gasteiger partial charge in [-0.25, -0.2) is 4.98 Å². The number of aromatic nitrogens is 1. The molecule has 1 aromatic heterocycles. The number of halogens is 1. The molecule has 0 bridgehead atoms. The van der Waals surface area contributed by atoms with Crippen LogP contribution in [-0.2, 0) is 0 Å². The Morgan fingerprint density at radius 1 is 1.64 bits per heavy atom. The third-order valence-corrected chi connectivity index (χ3v) is 2.08. The van der Waals surface area contributed by atoms with Crippen molar-refractivity contribution in [3.63, 3.8) is 0 Å². The Labute approximate surface area is 88.1 Å². The van der Waals surface area contributed by atoms with Gasteiger partial charge in [0.05, 0.1) is 12.2 Å². The summed E-state index contributed by atoms with van der Waals surface area (Å²) in [6.07, 6.45) is 4.20. The monoisotopic (exact) mass is 213 g/mol. The molecule has 0 amide bonds. The zero-order valence-electron chi connectivity index (χ0n) is 8.00. The molecule has 0 fully saturated rings. The van der Waals surface area contributed by atoms with Crippen molar-refractivity contribution in [2.24, 2.45) is 0 Å². The van der Waals surface area contributed by atoms with Crippen molar-refractivity contribution in [3.8, 4) is 5.75 Å². The minimum absolute atomic E-state index is 0.189. The van der Waals surface area contributed by atoms with Crippen LogP contribution in [0, 0.1) is 0 Å². The summed E-state index contributed by atoms with van der Waals surface area (Å²) in [5.74, 6) is 0.508. The second-order valence-electron chi connectivity index (χ2n) is 2.83. The number of aldehydes is 1. The van der Waals surface area contributed by atoms with Crippen LogP contribution in [0.25, 0.3) is 0 Å². The smallest absolute Gasteiger partial charge is 0.156 e. The molecule has 14 heavy (non-hydrogen) atoms. The summed E-state index contributed by atoms with van der Waals surface area (Å²) in [5, 5.41) is 0.189. The van der Waals surface area contributed by atoms with Gasteiger partial charge in [-0.15, -0.1) is 0 Å². The lowest BCUT2D eigenvalue weighted by Gasteiger charge is -2.07. The van der Waals surface area contributed by atoms with E-state index in [2.05, 4.69) is 11.9 Å². The first-order chi connectivity index (χ1) is 6.79. The van der Waals surface area contributed by atoms with Gasteiger partial charge in [0.15, 0.2) is 6.29 Å². The number of hydrogen-bond donors (Lipinski definition) is 0. The van der Waals surface area contributed by atoms with Crippen molar-refractivity contribution >= 4 is 17.9 Å². The van der Waals surface area contributed by atoms with Crippen molar-refractivity contribution in [1.82, 2.24) is 4.98 Å². The molecular formula is C10H12ClNO2. The average Bonchev–Trinajstić information content (AvgIpc) is 2.18. The highest BCUT2D eigenvalue weighted by Crippen LogP contribution is 2.22. The molecule has 0 aliphatic heterocycles. The van der Waals surface area contributed by atoms with Gasteiger partial charge in [-0.2, -0.15) is 0 Å². The van der Waals surface area contributed by atoms with Crippen LogP contribution < -0.4 is 4.74 Å². The predicted molar refractivity (Wildman–Crippen MR) is 55.0 cm³/mol. The van der Waals surface area contributed by atoms with E-state index >= 15 is 0 Å². The lowest BCUT2D eigenvalue weighted by atomic mass is 10.3. The molecule has 0 spiro atoms. The Morgan fingerprint density at radius 3 is 3.07 bits per heavy atom. The fraction of sp³-hybridized carbons (Fsp3) is 0.400. The summed E-state index contributed by atoms with van der Waals surface area (Å²) in [6, 6.07) is 1.64. The Kier molecular flexibility index (Phi) is 4.40. The number of carbonyl (C=O) groups excluding carboxylic acids is 1. The molecule has 4 heteroatoms. The first-order valence-electron chi connectivity index (χ1n) is 4.52. The van der Waals surface area contributed by atoms with E-state index < -0.39 is 0 Å². The minimum Gasteiger partial charge on any atom is -0.493 e. The molecule has 1 heterocycles. The number of hydrogen-bond acceptors (Lipinski definition) is 3. The molecule has 76 valence electrons. The van der Waals surface area contributed by atoms with E-state index in [9.17, 15) is 4.79 Å². The quantitative estimate of drug-likeness (QED) is 0.429. The highest BCUT2D eigenvalue weighted by atomic mass is 35.5. The van der Waals surface area contributed by atoms with Crippen LogP contribution in [-0.4, -0.2) is 17.9 Å². The highest BCUT2D eigenvalue weighted by Gasteiger charge is 2.07. The summed E-state index contributed by atoms with van der Waals surface area (Å²) in [5.41, 5.74) is 0.324. The summed E-state index contributed by atoms with van der Waals surface area (Å²) in [7, 11) is 0. The van der Waals surface area contributed by atoms with E-state index in [1.165, 1.54) is 6.20 Å². The maximum absolute atomic E-state index is 10.7. The molecule has 1 aromatic rings. The van der Waals surface area contributed by atoms with Gasteiger partial charge >= 0.3 is 0 Å². The number of carbonyl (C=O) groups is 1. The Morgan fingerprint density at radius 2 is 2.43 bits per heavy atom. The molecule has 0 radical (unpaired) electrons. The van der Waals surface area contributed by atoms with Crippen LogP contribution in [0.15, 0.2) is 12.3 Å². The summed E-state index contributed by atoms with van der Waals surface area (Å²) in [4.78, 5) is 14.5. The van der Waals surface area contributed by atoms with Crippen LogP contribution in [0.5, 0.6) is 5.75 Å². The third kappa shape index (κ3) is 2.70. The van der Waals surface area contributed by atoms with Crippen LogP contribution in [0.4, 0.5) is 0 Å². The Bertz CT molecular complexity index is 315. The van der Waals surface area contributed by atoms with Gasteiger partial charge in [0.25, 0.3) is 0 Å². The van der Waals surface area contributed by atoms with Crippen molar-refractivity contribution in [1.29, 1.82) is 0 Å². The van der Waals surface area contributed by atoms with Crippen LogP contribution in [0.2, 0.25) is 5.15 Å². The van der Waals surface area contributed by atoms with Crippen LogP contribution in [0.1, 0.15) is 30.1 Å². The van der Waals surface area contributed by atoms with Crippen molar-refractivity contribution in [3.05, 3.63) is 23.0 Å². The number of unbranched alkanes of at least 4 members (excludes halogenated alkanes) is 1. The van der Waals surface area contributed by atoms with Gasteiger partial charge in [0.1, 0.15) is 10.9 Å². The standard InChI is InChI=1S/C10H12ClNO2/c1-2-3-6-14-9-4-5-12-10(11)8(9)7-13/h4-5,7H,2-3,6H2,1H3. The van der Waals surface area contributed by atoms with E-state index in [-0.39, 0.29) is 5.15 Å². The zero-order chi connectivity index (χ0) is 10.4. The van der Waals surface area contributed by atoms with Gasteiger partial charge in [-0.1, -0.05) is 24.9 Å². The molecule has 0 aliphatic rings. The van der Waals surface area contributed by atoms with Gasteiger partial charge in [-0.05, 0) is 12.5 Å². The number of ether oxygens (including phenoxy) is 1. The average molecular weight is 214 g/mol. The van der Waals surface area contributed by atoms with Crippen molar-refractivity contribution in [2.45, 2.75) is 19.8 Å². The van der Waals surface area contributed by atoms with E-state index in [1.54, 1.807) is 6.07 Å². The number of rotatable bonds is 5. The van der Waals surface area contributed by atoms with Gasteiger partial charge in [0.2, 0.25) is 0 Å². The maximum Gasteiger partial charge on any atom is 0.156 e. The van der Waals surface area contributed by atoms with Crippen LogP contribution >= 0.6 is 11.6 Å². The molecule has 0 unspecified atom stereocenters. The normalized spacial score (nSPS) is 9.86. The molecule has 0 aromatic carbocycles. The maximum atomic E-state index is 10.7. The Hall–Kier alpha value is -1.09. The predicted octanol–water partition coefficient (Wildman–Crippen LogP) is 2.73. The molecule has 0 atom stereocenters. The van der Waals surface area contributed by atoms with Crippen LogP contribution in [0.3, 0.4) is 0 Å². The van der Waals surface area contributed by atoms with E-state index in [1.807, 2.05) is 0 Å². The van der Waals surface area contributed by atoms with E-state index in [4.69, 9.17) is 16.3 Å². The Balaban J connectivity index is 2.75. The van der Waals surface area contributed by atoms with Crippen molar-refractivity contribution < 1.29 is 9.53 Å². The molecule has 0 N–H and O–H groups in total. The number of pyridine rings is 1. The molecule has 0 aliphatic carbocycles. The first-order valence-corrected chi connectivity index (χ1v) is 4.90. The minimum atomic E-state index is 0.189. The molecule has 0 saturated heterocycles. The lowest BCUT2D eigenvalue weighted by molar-refractivity contribution is 0.111. The number of nitrogens with zero attached hydrogens (tertiary/aromatic N) is 1. The second kappa shape index (κ2) is 5.60. The fourth-order valence-electron chi connectivity index (χ4n) is 0.990.